The van der Waals surface area contributed by atoms with Gasteiger partial charge in [-0.05, 0) is 114 Å². The monoisotopic (exact) mass is 817 g/mol. The Morgan fingerprint density at radius 3 is 2.02 bits per heavy atom. The van der Waals surface area contributed by atoms with Crippen LogP contribution in [-0.4, -0.2) is 10.7 Å². The van der Waals surface area contributed by atoms with E-state index in [2.05, 4.69) is 157 Å². The van der Waals surface area contributed by atoms with Gasteiger partial charge in [-0.15, -0.1) is 11.3 Å². The molecule has 62 heavy (non-hydrogen) atoms. The normalized spacial score (nSPS) is 15.0. The molecule has 3 aliphatic heterocycles. The number of allylic oxidation sites excluding steroid dienone is 1. The smallest absolute Gasteiger partial charge is 0.151 e. The highest BCUT2D eigenvalue weighted by Gasteiger charge is 2.28. The van der Waals surface area contributed by atoms with E-state index in [9.17, 15) is 0 Å². The molecule has 0 bridgehead atoms. The van der Waals surface area contributed by atoms with Crippen LogP contribution in [0.25, 0.3) is 32.4 Å². The van der Waals surface area contributed by atoms with Gasteiger partial charge in [-0.25, -0.2) is 4.98 Å². The first-order valence-electron chi connectivity index (χ1n) is 21.2. The molecule has 1 atom stereocenters. The number of rotatable bonds is 6. The molecule has 12 rings (SSSR count). The van der Waals surface area contributed by atoms with E-state index in [4.69, 9.17) is 19.5 Å². The van der Waals surface area contributed by atoms with E-state index in [0.29, 0.717) is 0 Å². The minimum atomic E-state index is 0.142. The molecule has 9 aromatic rings. The first-order chi connectivity index (χ1) is 30.7. The molecule has 0 N–H and O–H groups in total. The molecule has 0 spiro atoms. The maximum absolute atomic E-state index is 6.35. The lowest BCUT2D eigenvalue weighted by atomic mass is 9.86. The fourth-order valence-corrected chi connectivity index (χ4v) is 10.1. The molecule has 1 unspecified atom stereocenters. The number of aromatic nitrogens is 1. The number of anilines is 3. The van der Waals surface area contributed by atoms with Gasteiger partial charge < -0.3 is 14.4 Å². The number of benzene rings is 8. The molecule has 6 heteroatoms. The minimum absolute atomic E-state index is 0.142. The summed E-state index contributed by atoms with van der Waals surface area (Å²) in [4.78, 5) is 13.1. The second kappa shape index (κ2) is 15.2. The van der Waals surface area contributed by atoms with Gasteiger partial charge in [0.15, 0.2) is 11.5 Å². The number of hydrogen-bond donors (Lipinski definition) is 0. The second-order valence-corrected chi connectivity index (χ2v) is 17.1. The lowest BCUT2D eigenvalue weighted by Gasteiger charge is -2.32. The average Bonchev–Trinajstić information content (AvgIpc) is 3.55. The van der Waals surface area contributed by atoms with Crippen LogP contribution in [0.4, 0.5) is 22.7 Å². The maximum Gasteiger partial charge on any atom is 0.151 e. The van der Waals surface area contributed by atoms with Gasteiger partial charge in [0.2, 0.25) is 0 Å². The van der Waals surface area contributed by atoms with E-state index in [-0.39, 0.29) is 5.92 Å². The lowest BCUT2D eigenvalue weighted by molar-refractivity contribution is 0.477. The van der Waals surface area contributed by atoms with Gasteiger partial charge in [0.25, 0.3) is 0 Å². The second-order valence-electron chi connectivity index (χ2n) is 16.1. The van der Waals surface area contributed by atoms with Gasteiger partial charge in [0.1, 0.15) is 16.5 Å². The van der Waals surface area contributed by atoms with Crippen LogP contribution in [-0.2, 0) is 12.8 Å². The molecule has 0 saturated heterocycles. The lowest BCUT2D eigenvalue weighted by Crippen LogP contribution is -2.17. The van der Waals surface area contributed by atoms with Gasteiger partial charge in [-0.2, -0.15) is 0 Å². The number of aliphatic imine (C=N–C) groups is 1. The van der Waals surface area contributed by atoms with Gasteiger partial charge >= 0.3 is 0 Å². The Morgan fingerprint density at radius 1 is 0.597 bits per heavy atom. The Kier molecular flexibility index (Phi) is 8.89. The van der Waals surface area contributed by atoms with Crippen LogP contribution in [0.1, 0.15) is 45.7 Å². The van der Waals surface area contributed by atoms with Crippen molar-refractivity contribution in [3.05, 3.63) is 221 Å². The molecular weight excluding hydrogens is 779 g/mol. The van der Waals surface area contributed by atoms with Crippen LogP contribution in [0.2, 0.25) is 0 Å². The van der Waals surface area contributed by atoms with Crippen molar-refractivity contribution in [2.24, 2.45) is 4.99 Å². The number of nitrogens with zero attached hydrogens (tertiary/aromatic N) is 3. The summed E-state index contributed by atoms with van der Waals surface area (Å²) in [6, 6.07) is 66.2. The van der Waals surface area contributed by atoms with E-state index in [1.54, 1.807) is 11.3 Å². The fourth-order valence-electron chi connectivity index (χ4n) is 9.15. The van der Waals surface area contributed by atoms with Gasteiger partial charge in [-0.1, -0.05) is 127 Å². The van der Waals surface area contributed by atoms with Crippen molar-refractivity contribution in [3.63, 3.8) is 0 Å². The fraction of sp³-hybridized carbons (Fsp3) is 0.0714. The Hall–Kier alpha value is -7.54. The summed E-state index contributed by atoms with van der Waals surface area (Å²) in [7, 11) is 0. The summed E-state index contributed by atoms with van der Waals surface area (Å²) in [6.45, 7) is 0. The summed E-state index contributed by atoms with van der Waals surface area (Å²) < 4.78 is 13.8. The van der Waals surface area contributed by atoms with E-state index < -0.39 is 0 Å². The minimum Gasteiger partial charge on any atom is -0.456 e. The van der Waals surface area contributed by atoms with Crippen molar-refractivity contribution in [2.75, 3.05) is 4.90 Å². The number of aryl methyl sites for hydroxylation is 1. The first-order valence-corrected chi connectivity index (χ1v) is 22.0. The Balaban J connectivity index is 0.869. The van der Waals surface area contributed by atoms with Crippen molar-refractivity contribution in [1.29, 1.82) is 0 Å². The van der Waals surface area contributed by atoms with Crippen molar-refractivity contribution >= 4 is 61.7 Å². The Bertz CT molecular complexity index is 3180. The van der Waals surface area contributed by atoms with Crippen molar-refractivity contribution < 1.29 is 9.47 Å². The highest BCUT2D eigenvalue weighted by atomic mass is 32.1. The summed E-state index contributed by atoms with van der Waals surface area (Å²) >= 11 is 1.73. The predicted octanol–water partition coefficient (Wildman–Crippen LogP) is 15.3. The molecule has 296 valence electrons. The maximum atomic E-state index is 6.35. The standard InChI is InChI=1S/C56H39N3O2S/c1-2-12-37(13-3-1)45-31-28-40-34-47-54(35-46(40)57-55(45)38-26-29-43(30-27-38)59-48-16-6-10-20-52(48)61-53-21-11-7-17-49(53)59)62-56(58-47)39-24-22-36(23-25-39)32-42-33-41-14-4-8-18-50(41)60-51-19-9-5-15-44(42)51/h1-27,29-30,33-35,45H,28,31-32H2. The number of thiazole rings is 1. The SMILES string of the molecule is C1=C(Cc2ccc(-c3nc4cc5c(cc4s3)N=C(c3ccc(N4c6ccccc6Oc6ccccc64)cc3)C(c3ccccc3)CC5)cc2)c2ccccc2Oc2ccccc21. The quantitative estimate of drug-likeness (QED) is 0.168. The Labute approximate surface area is 364 Å². The molecular formula is C56H39N3O2S. The molecule has 3 aliphatic rings. The zero-order chi connectivity index (χ0) is 41.0. The summed E-state index contributed by atoms with van der Waals surface area (Å²) in [6.07, 6.45) is 4.92. The van der Waals surface area contributed by atoms with Crippen LogP contribution in [0.5, 0.6) is 23.0 Å². The molecule has 1 aromatic heterocycles. The van der Waals surface area contributed by atoms with Crippen LogP contribution in [0, 0.1) is 0 Å². The summed E-state index contributed by atoms with van der Waals surface area (Å²) in [5.41, 5.74) is 15.7. The largest absolute Gasteiger partial charge is 0.456 e. The Morgan fingerprint density at radius 2 is 1.24 bits per heavy atom. The molecule has 8 aromatic carbocycles. The topological polar surface area (TPSA) is 47.0 Å². The zero-order valence-electron chi connectivity index (χ0n) is 33.7. The molecule has 4 heterocycles. The van der Waals surface area contributed by atoms with E-state index >= 15 is 0 Å². The highest BCUT2D eigenvalue weighted by molar-refractivity contribution is 7.21. The van der Waals surface area contributed by atoms with Crippen LogP contribution in [0.3, 0.4) is 0 Å². The van der Waals surface area contributed by atoms with Crippen molar-refractivity contribution in [2.45, 2.75) is 25.2 Å². The summed E-state index contributed by atoms with van der Waals surface area (Å²) in [5.74, 6) is 3.60. The van der Waals surface area contributed by atoms with E-state index in [1.807, 2.05) is 42.5 Å². The highest BCUT2D eigenvalue weighted by Crippen LogP contribution is 2.50. The van der Waals surface area contributed by atoms with Gasteiger partial charge in [0.05, 0.1) is 33.0 Å². The third-order valence-corrected chi connectivity index (χ3v) is 13.3. The third-order valence-electron chi connectivity index (χ3n) is 12.2. The summed E-state index contributed by atoms with van der Waals surface area (Å²) in [5, 5.41) is 1.02. The van der Waals surface area contributed by atoms with Crippen molar-refractivity contribution in [1.82, 2.24) is 4.98 Å². The van der Waals surface area contributed by atoms with E-state index in [0.717, 1.165) is 108 Å². The molecule has 0 radical (unpaired) electrons. The predicted molar refractivity (Wildman–Crippen MR) is 254 cm³/mol. The van der Waals surface area contributed by atoms with Crippen molar-refractivity contribution in [3.8, 4) is 33.6 Å². The first kappa shape index (κ1) is 36.3. The van der Waals surface area contributed by atoms with Crippen LogP contribution < -0.4 is 14.4 Å². The molecule has 0 fully saturated rings. The van der Waals surface area contributed by atoms with Gasteiger partial charge in [-0.3, -0.25) is 4.99 Å². The van der Waals surface area contributed by atoms with E-state index in [1.165, 1.54) is 22.3 Å². The molecule has 0 amide bonds. The molecule has 0 aliphatic carbocycles. The average molecular weight is 818 g/mol. The van der Waals surface area contributed by atoms with Gasteiger partial charge in [0, 0.05) is 28.3 Å². The zero-order valence-corrected chi connectivity index (χ0v) is 34.6. The number of hydrogen-bond acceptors (Lipinski definition) is 6. The number of para-hydroxylation sites is 6. The number of ether oxygens (including phenoxy) is 2. The van der Waals surface area contributed by atoms with Crippen LogP contribution in [0.15, 0.2) is 193 Å². The molecule has 0 saturated carbocycles. The molecule has 5 nitrogen and oxygen atoms in total. The number of fused-ring (bicyclic) bond motifs is 6. The van der Waals surface area contributed by atoms with Crippen LogP contribution >= 0.6 is 11.3 Å². The third kappa shape index (κ3) is 6.57.